The number of aryl methyl sites for hydroxylation is 1. The van der Waals surface area contributed by atoms with Crippen LogP contribution in [-0.4, -0.2) is 22.3 Å². The number of aromatic nitrogens is 1. The first-order valence-electron chi connectivity index (χ1n) is 8.37. The standard InChI is InChI=1S/C20H19N3O2S/c1-4-23(13(2)16-9-7-15(12-21)8-10-16)20(24)18-14(3)26-19(22-18)17-6-5-11-25-17/h5-11,13H,4H2,1-3H3. The van der Waals surface area contributed by atoms with Crippen LogP contribution in [0.25, 0.3) is 10.8 Å². The Kier molecular flexibility index (Phi) is 5.19. The van der Waals surface area contributed by atoms with Gasteiger partial charge in [-0.05, 0) is 50.6 Å². The molecule has 3 rings (SSSR count). The molecule has 0 saturated heterocycles. The highest BCUT2D eigenvalue weighted by molar-refractivity contribution is 7.15. The molecule has 2 aromatic heterocycles. The van der Waals surface area contributed by atoms with E-state index >= 15 is 0 Å². The Morgan fingerprint density at radius 3 is 2.65 bits per heavy atom. The number of rotatable bonds is 5. The molecule has 132 valence electrons. The number of carbonyl (C=O) groups excluding carboxylic acids is 1. The quantitative estimate of drug-likeness (QED) is 0.651. The molecule has 0 N–H and O–H groups in total. The number of thiazole rings is 1. The molecule has 5 nitrogen and oxygen atoms in total. The maximum absolute atomic E-state index is 13.1. The van der Waals surface area contributed by atoms with Crippen LogP contribution < -0.4 is 0 Å². The van der Waals surface area contributed by atoms with Gasteiger partial charge in [0, 0.05) is 11.4 Å². The summed E-state index contributed by atoms with van der Waals surface area (Å²) in [5.41, 5.74) is 2.05. The Morgan fingerprint density at radius 2 is 2.08 bits per heavy atom. The van der Waals surface area contributed by atoms with E-state index in [9.17, 15) is 4.79 Å². The zero-order valence-electron chi connectivity index (χ0n) is 14.9. The van der Waals surface area contributed by atoms with E-state index in [0.29, 0.717) is 28.6 Å². The van der Waals surface area contributed by atoms with Crippen molar-refractivity contribution in [2.75, 3.05) is 6.54 Å². The van der Waals surface area contributed by atoms with Crippen LogP contribution in [0.3, 0.4) is 0 Å². The van der Waals surface area contributed by atoms with Crippen LogP contribution >= 0.6 is 11.3 Å². The summed E-state index contributed by atoms with van der Waals surface area (Å²) in [5.74, 6) is 0.566. The maximum atomic E-state index is 13.1. The number of hydrogen-bond donors (Lipinski definition) is 0. The molecule has 0 radical (unpaired) electrons. The molecule has 3 aromatic rings. The summed E-state index contributed by atoms with van der Waals surface area (Å²) < 4.78 is 5.39. The molecular formula is C20H19N3O2S. The lowest BCUT2D eigenvalue weighted by Gasteiger charge is -2.28. The van der Waals surface area contributed by atoms with Crippen LogP contribution in [0.1, 0.15) is 46.4 Å². The van der Waals surface area contributed by atoms with E-state index in [4.69, 9.17) is 9.68 Å². The number of furan rings is 1. The molecule has 0 spiro atoms. The molecule has 0 saturated carbocycles. The van der Waals surface area contributed by atoms with E-state index in [-0.39, 0.29) is 11.9 Å². The molecule has 0 aliphatic heterocycles. The van der Waals surface area contributed by atoms with Gasteiger partial charge in [0.15, 0.2) is 10.8 Å². The van der Waals surface area contributed by atoms with Gasteiger partial charge in [-0.15, -0.1) is 11.3 Å². The highest BCUT2D eigenvalue weighted by Crippen LogP contribution is 2.30. The van der Waals surface area contributed by atoms with E-state index in [2.05, 4.69) is 11.1 Å². The van der Waals surface area contributed by atoms with Crippen molar-refractivity contribution < 1.29 is 9.21 Å². The highest BCUT2D eigenvalue weighted by atomic mass is 32.1. The average Bonchev–Trinajstić information content (AvgIpc) is 3.31. The third-order valence-electron chi connectivity index (χ3n) is 4.32. The summed E-state index contributed by atoms with van der Waals surface area (Å²) in [7, 11) is 0. The van der Waals surface area contributed by atoms with Crippen molar-refractivity contribution in [3.05, 3.63) is 64.4 Å². The van der Waals surface area contributed by atoms with Crippen molar-refractivity contribution in [2.24, 2.45) is 0 Å². The second-order valence-corrected chi connectivity index (χ2v) is 7.11. The smallest absolute Gasteiger partial charge is 0.274 e. The summed E-state index contributed by atoms with van der Waals surface area (Å²) in [6.45, 7) is 6.40. The van der Waals surface area contributed by atoms with Crippen LogP contribution in [0, 0.1) is 18.3 Å². The van der Waals surface area contributed by atoms with Gasteiger partial charge in [-0.3, -0.25) is 4.79 Å². The van der Waals surface area contributed by atoms with Crippen molar-refractivity contribution in [3.63, 3.8) is 0 Å². The second kappa shape index (κ2) is 7.54. The van der Waals surface area contributed by atoms with Gasteiger partial charge in [-0.1, -0.05) is 12.1 Å². The lowest BCUT2D eigenvalue weighted by Crippen LogP contribution is -2.34. The molecule has 26 heavy (non-hydrogen) atoms. The van der Waals surface area contributed by atoms with E-state index in [1.54, 1.807) is 29.4 Å². The van der Waals surface area contributed by atoms with E-state index in [1.165, 1.54) is 11.3 Å². The number of hydrogen-bond acceptors (Lipinski definition) is 5. The second-order valence-electron chi connectivity index (χ2n) is 5.90. The predicted octanol–water partition coefficient (Wildman–Crippen LogP) is 4.81. The first kappa shape index (κ1) is 17.9. The number of amides is 1. The molecule has 1 aromatic carbocycles. The minimum atomic E-state index is -0.117. The topological polar surface area (TPSA) is 70.1 Å². The Balaban J connectivity index is 1.88. The summed E-state index contributed by atoms with van der Waals surface area (Å²) in [4.78, 5) is 20.3. The van der Waals surface area contributed by atoms with Gasteiger partial charge in [-0.2, -0.15) is 5.26 Å². The van der Waals surface area contributed by atoms with Gasteiger partial charge in [-0.25, -0.2) is 4.98 Å². The summed E-state index contributed by atoms with van der Waals surface area (Å²) in [5, 5.41) is 9.65. The maximum Gasteiger partial charge on any atom is 0.274 e. The van der Waals surface area contributed by atoms with Crippen molar-refractivity contribution >= 4 is 17.2 Å². The summed E-state index contributed by atoms with van der Waals surface area (Å²) >= 11 is 1.45. The number of carbonyl (C=O) groups is 1. The Hall–Kier alpha value is -2.91. The van der Waals surface area contributed by atoms with E-state index < -0.39 is 0 Å². The minimum Gasteiger partial charge on any atom is -0.462 e. The predicted molar refractivity (Wildman–Crippen MR) is 101 cm³/mol. The fraction of sp³-hybridized carbons (Fsp3) is 0.250. The van der Waals surface area contributed by atoms with E-state index in [1.807, 2.05) is 39.0 Å². The molecular weight excluding hydrogens is 346 g/mol. The van der Waals surface area contributed by atoms with Gasteiger partial charge >= 0.3 is 0 Å². The third kappa shape index (κ3) is 3.39. The minimum absolute atomic E-state index is 0.101. The van der Waals surface area contributed by atoms with Gasteiger partial charge in [0.05, 0.1) is 23.9 Å². The average molecular weight is 365 g/mol. The van der Waals surface area contributed by atoms with E-state index in [0.717, 1.165) is 10.4 Å². The van der Waals surface area contributed by atoms with Crippen LogP contribution in [0.2, 0.25) is 0 Å². The van der Waals surface area contributed by atoms with Gasteiger partial charge in [0.25, 0.3) is 5.91 Å². The number of benzene rings is 1. The van der Waals surface area contributed by atoms with Crippen molar-refractivity contribution in [1.82, 2.24) is 9.88 Å². The first-order chi connectivity index (χ1) is 12.5. The molecule has 0 bridgehead atoms. The van der Waals surface area contributed by atoms with Crippen LogP contribution in [0.5, 0.6) is 0 Å². The van der Waals surface area contributed by atoms with Crippen LogP contribution in [-0.2, 0) is 0 Å². The first-order valence-corrected chi connectivity index (χ1v) is 9.19. The fourth-order valence-corrected chi connectivity index (χ4v) is 3.72. The zero-order chi connectivity index (χ0) is 18.7. The largest absolute Gasteiger partial charge is 0.462 e. The normalized spacial score (nSPS) is 11.8. The molecule has 1 unspecified atom stereocenters. The number of nitriles is 1. The highest BCUT2D eigenvalue weighted by Gasteiger charge is 2.26. The van der Waals surface area contributed by atoms with Gasteiger partial charge in [0.2, 0.25) is 0 Å². The molecule has 0 aliphatic carbocycles. The van der Waals surface area contributed by atoms with Gasteiger partial charge < -0.3 is 9.32 Å². The van der Waals surface area contributed by atoms with Crippen LogP contribution in [0.4, 0.5) is 0 Å². The Bertz CT molecular complexity index is 937. The lowest BCUT2D eigenvalue weighted by atomic mass is 10.0. The Morgan fingerprint density at radius 1 is 1.35 bits per heavy atom. The van der Waals surface area contributed by atoms with Crippen molar-refractivity contribution in [1.29, 1.82) is 5.26 Å². The zero-order valence-corrected chi connectivity index (χ0v) is 15.7. The lowest BCUT2D eigenvalue weighted by molar-refractivity contribution is 0.0696. The molecule has 2 heterocycles. The van der Waals surface area contributed by atoms with Crippen molar-refractivity contribution in [2.45, 2.75) is 26.8 Å². The molecule has 0 fully saturated rings. The fourth-order valence-electron chi connectivity index (χ4n) is 2.85. The summed E-state index contributed by atoms with van der Waals surface area (Å²) in [6, 6.07) is 13.0. The molecule has 1 amide bonds. The van der Waals surface area contributed by atoms with Gasteiger partial charge in [0.1, 0.15) is 5.69 Å². The summed E-state index contributed by atoms with van der Waals surface area (Å²) in [6.07, 6.45) is 1.60. The molecule has 0 aliphatic rings. The third-order valence-corrected chi connectivity index (χ3v) is 5.31. The number of nitrogens with zero attached hydrogens (tertiary/aromatic N) is 3. The van der Waals surface area contributed by atoms with Crippen molar-refractivity contribution in [3.8, 4) is 16.8 Å². The SMILES string of the molecule is CCN(C(=O)c1nc(-c2ccco2)sc1C)C(C)c1ccc(C#N)cc1. The monoisotopic (exact) mass is 365 g/mol. The molecule has 6 heteroatoms. The molecule has 1 atom stereocenters. The Labute approximate surface area is 156 Å². The van der Waals surface area contributed by atoms with Crippen LogP contribution in [0.15, 0.2) is 47.1 Å².